The van der Waals surface area contributed by atoms with E-state index in [9.17, 15) is 0 Å². The summed E-state index contributed by atoms with van der Waals surface area (Å²) >= 11 is 0. The fraction of sp³-hybridized carbons (Fsp3) is 0. The van der Waals surface area contributed by atoms with Gasteiger partial charge in [-0.2, -0.15) is 0 Å². The minimum Gasteiger partial charge on any atom is -0.249 e. The zero-order chi connectivity index (χ0) is 6.81. The molecule has 0 N–H and O–H groups in total. The van der Waals surface area contributed by atoms with E-state index in [0.29, 0.717) is 0 Å². The molecule has 50 valence electrons. The Morgan fingerprint density at radius 2 is 2.10 bits per heavy atom. The van der Waals surface area contributed by atoms with Crippen LogP contribution in [0.25, 0.3) is 0 Å². The standard InChI is InChI=1S/C6H4N2S2/c1-3-7-5(1)9-10-6-2-4-8-6/h1-4H. The second kappa shape index (κ2) is 2.64. The fourth-order valence-corrected chi connectivity index (χ4v) is 2.17. The molecule has 0 amide bonds. The largest absolute Gasteiger partial charge is 0.249 e. The monoisotopic (exact) mass is 168 g/mol. The van der Waals surface area contributed by atoms with Gasteiger partial charge < -0.3 is 0 Å². The van der Waals surface area contributed by atoms with Gasteiger partial charge in [-0.15, -0.1) is 0 Å². The van der Waals surface area contributed by atoms with Crippen molar-refractivity contribution < 1.29 is 0 Å². The lowest BCUT2D eigenvalue weighted by molar-refractivity contribution is 1.51. The van der Waals surface area contributed by atoms with Gasteiger partial charge in [0.1, 0.15) is 10.1 Å². The molecule has 0 radical (unpaired) electrons. The van der Waals surface area contributed by atoms with Crippen LogP contribution < -0.4 is 0 Å². The number of nitrogens with zero attached hydrogens (tertiary/aromatic N) is 2. The number of rotatable bonds is 2. The average molecular weight is 168 g/mol. The van der Waals surface area contributed by atoms with Crippen molar-refractivity contribution in [3.63, 3.8) is 0 Å². The predicted octanol–water partition coefficient (Wildman–Crippen LogP) is 2.22. The molecular weight excluding hydrogens is 164 g/mol. The zero-order valence-corrected chi connectivity index (χ0v) is 6.65. The maximum absolute atomic E-state index is 4.00. The van der Waals surface area contributed by atoms with E-state index in [2.05, 4.69) is 9.98 Å². The van der Waals surface area contributed by atoms with E-state index in [-0.39, 0.29) is 0 Å². The molecule has 0 saturated heterocycles. The molecule has 2 aliphatic heterocycles. The number of allylic oxidation sites excluding steroid dienone is 1. The van der Waals surface area contributed by atoms with Crippen LogP contribution in [0.5, 0.6) is 0 Å². The van der Waals surface area contributed by atoms with Crippen molar-refractivity contribution in [2.75, 3.05) is 0 Å². The molecule has 2 rings (SSSR count). The molecule has 2 nitrogen and oxygen atoms in total. The maximum Gasteiger partial charge on any atom is 0.108 e. The molecular formula is C6H4N2S2. The first-order valence-electron chi connectivity index (χ1n) is 2.78. The van der Waals surface area contributed by atoms with Crippen LogP contribution in [0.15, 0.2) is 33.4 Å². The number of aliphatic imine (C=N–C) groups is 2. The van der Waals surface area contributed by atoms with Gasteiger partial charge >= 0.3 is 0 Å². The van der Waals surface area contributed by atoms with E-state index in [1.54, 1.807) is 34.0 Å². The highest BCUT2D eigenvalue weighted by Gasteiger charge is 2.05. The van der Waals surface area contributed by atoms with Crippen LogP contribution in [-0.2, 0) is 0 Å². The second-order valence-electron chi connectivity index (χ2n) is 1.73. The molecule has 0 atom stereocenters. The highest BCUT2D eigenvalue weighted by atomic mass is 33.1. The lowest BCUT2D eigenvalue weighted by atomic mass is 10.6. The molecule has 0 aromatic carbocycles. The Kier molecular flexibility index (Phi) is 1.65. The minimum absolute atomic E-state index is 1.08. The normalized spacial score (nSPS) is 19.2. The van der Waals surface area contributed by atoms with Crippen LogP contribution >= 0.6 is 21.6 Å². The Bertz CT molecular complexity index is 235. The average Bonchev–Trinajstić information content (AvgIpc) is 1.70. The zero-order valence-electron chi connectivity index (χ0n) is 5.02. The van der Waals surface area contributed by atoms with Gasteiger partial charge in [0.2, 0.25) is 0 Å². The Morgan fingerprint density at radius 3 is 2.50 bits per heavy atom. The summed E-state index contributed by atoms with van der Waals surface area (Å²) in [5.41, 5.74) is 0. The van der Waals surface area contributed by atoms with Gasteiger partial charge in [-0.25, -0.2) is 9.98 Å². The molecule has 0 aromatic heterocycles. The van der Waals surface area contributed by atoms with Crippen molar-refractivity contribution in [2.24, 2.45) is 9.98 Å². The fourth-order valence-electron chi connectivity index (χ4n) is 0.455. The third-order valence-electron chi connectivity index (χ3n) is 1.05. The first-order valence-corrected chi connectivity index (χ1v) is 4.93. The van der Waals surface area contributed by atoms with Crippen molar-refractivity contribution in [3.8, 4) is 0 Å². The molecule has 0 aromatic rings. The van der Waals surface area contributed by atoms with Crippen LogP contribution in [-0.4, -0.2) is 11.3 Å². The summed E-state index contributed by atoms with van der Waals surface area (Å²) in [6, 6.07) is 0. The van der Waals surface area contributed by atoms with E-state index in [4.69, 9.17) is 0 Å². The first-order chi connectivity index (χ1) is 4.95. The molecule has 0 aliphatic carbocycles. The van der Waals surface area contributed by atoms with Gasteiger partial charge in [-0.1, -0.05) is 0 Å². The highest BCUT2D eigenvalue weighted by molar-refractivity contribution is 8.83. The van der Waals surface area contributed by atoms with Crippen molar-refractivity contribution in [1.29, 1.82) is 0 Å². The van der Waals surface area contributed by atoms with E-state index in [0.717, 1.165) is 10.1 Å². The summed E-state index contributed by atoms with van der Waals surface area (Å²) < 4.78 is 0. The van der Waals surface area contributed by atoms with Crippen molar-refractivity contribution in [2.45, 2.75) is 0 Å². The highest BCUT2D eigenvalue weighted by Crippen LogP contribution is 2.35. The van der Waals surface area contributed by atoms with E-state index < -0.39 is 0 Å². The summed E-state index contributed by atoms with van der Waals surface area (Å²) in [4.78, 5) is 8.00. The Labute approximate surface area is 66.6 Å². The van der Waals surface area contributed by atoms with Crippen LogP contribution in [0.4, 0.5) is 0 Å². The van der Waals surface area contributed by atoms with Gasteiger partial charge in [0, 0.05) is 12.4 Å². The maximum atomic E-state index is 4.00. The Morgan fingerprint density at radius 1 is 1.30 bits per heavy atom. The van der Waals surface area contributed by atoms with Crippen molar-refractivity contribution >= 4 is 32.8 Å². The first kappa shape index (κ1) is 6.24. The summed E-state index contributed by atoms with van der Waals surface area (Å²) in [6.07, 6.45) is 7.56. The Balaban J connectivity index is 1.73. The minimum atomic E-state index is 1.08. The van der Waals surface area contributed by atoms with Gasteiger partial charge in [-0.05, 0) is 33.7 Å². The summed E-state index contributed by atoms with van der Waals surface area (Å²) in [7, 11) is 3.29. The third-order valence-corrected chi connectivity index (χ3v) is 3.23. The number of hydrogen-bond acceptors (Lipinski definition) is 4. The van der Waals surface area contributed by atoms with Crippen LogP contribution in [0.2, 0.25) is 0 Å². The molecule has 10 heavy (non-hydrogen) atoms. The molecule has 2 aliphatic rings. The molecule has 0 unspecified atom stereocenters. The van der Waals surface area contributed by atoms with Gasteiger partial charge in [0.15, 0.2) is 0 Å². The Hall–Kier alpha value is -0.480. The van der Waals surface area contributed by atoms with Crippen LogP contribution in [0, 0.1) is 0 Å². The van der Waals surface area contributed by atoms with Crippen LogP contribution in [0.1, 0.15) is 0 Å². The van der Waals surface area contributed by atoms with Crippen molar-refractivity contribution in [3.05, 3.63) is 23.4 Å². The lowest BCUT2D eigenvalue weighted by Gasteiger charge is -2.06. The SMILES string of the molecule is C1=CC(SSC2=CC=N2)=N1. The summed E-state index contributed by atoms with van der Waals surface area (Å²) in [5, 5.41) is 2.15. The molecule has 0 spiro atoms. The molecule has 2 heterocycles. The molecule has 0 fully saturated rings. The van der Waals surface area contributed by atoms with Crippen molar-refractivity contribution in [1.82, 2.24) is 0 Å². The summed E-state index contributed by atoms with van der Waals surface area (Å²) in [6.45, 7) is 0. The quantitative estimate of drug-likeness (QED) is 0.590. The van der Waals surface area contributed by atoms with Gasteiger partial charge in [-0.3, -0.25) is 0 Å². The predicted molar refractivity (Wildman–Crippen MR) is 48.3 cm³/mol. The third kappa shape index (κ3) is 1.17. The topological polar surface area (TPSA) is 24.7 Å². The second-order valence-corrected chi connectivity index (χ2v) is 3.90. The molecule has 0 saturated carbocycles. The van der Waals surface area contributed by atoms with Crippen LogP contribution in [0.3, 0.4) is 0 Å². The number of hydrogen-bond donors (Lipinski definition) is 0. The van der Waals surface area contributed by atoms with E-state index in [1.165, 1.54) is 0 Å². The van der Waals surface area contributed by atoms with Gasteiger partial charge in [0.25, 0.3) is 0 Å². The lowest BCUT2D eigenvalue weighted by Crippen LogP contribution is -1.90. The molecule has 4 heteroatoms. The van der Waals surface area contributed by atoms with E-state index in [1.807, 2.05) is 12.2 Å². The van der Waals surface area contributed by atoms with E-state index >= 15 is 0 Å². The van der Waals surface area contributed by atoms with Gasteiger partial charge in [0.05, 0.1) is 0 Å². The summed E-state index contributed by atoms with van der Waals surface area (Å²) in [5.74, 6) is 0. The molecule has 0 bridgehead atoms. The smallest absolute Gasteiger partial charge is 0.108 e.